The number of aromatic nitrogens is 2. The summed E-state index contributed by atoms with van der Waals surface area (Å²) in [5.74, 6) is -0.479. The van der Waals surface area contributed by atoms with Crippen LogP contribution in [0.4, 0.5) is 4.39 Å². The third-order valence-electron chi connectivity index (χ3n) is 3.16. The molecule has 4 nitrogen and oxygen atoms in total. The van der Waals surface area contributed by atoms with Gasteiger partial charge in [0.05, 0.1) is 11.6 Å². The van der Waals surface area contributed by atoms with Crippen molar-refractivity contribution in [2.24, 2.45) is 0 Å². The molecule has 1 aromatic carbocycles. The molecule has 1 amide bonds. The zero-order chi connectivity index (χ0) is 16.1. The van der Waals surface area contributed by atoms with Crippen LogP contribution in [-0.2, 0) is 17.9 Å². The standard InChI is InChI=1S/C16H17ClFN3O/c1-3-21-10-14(17)15(19-21)11-20(2)16(22)9-6-12-4-7-13(18)8-5-12/h4-10H,3,11H2,1-2H3/b9-6+. The third kappa shape index (κ3) is 4.18. The van der Waals surface area contributed by atoms with Crippen LogP contribution in [0, 0.1) is 5.82 Å². The minimum atomic E-state index is -0.304. The Balaban J connectivity index is 1.99. The third-order valence-corrected chi connectivity index (χ3v) is 3.48. The number of hydrogen-bond donors (Lipinski definition) is 0. The first-order valence-electron chi connectivity index (χ1n) is 6.90. The highest BCUT2D eigenvalue weighted by molar-refractivity contribution is 6.31. The minimum absolute atomic E-state index is 0.175. The van der Waals surface area contributed by atoms with E-state index in [0.29, 0.717) is 17.3 Å². The van der Waals surface area contributed by atoms with Gasteiger partial charge in [0, 0.05) is 25.9 Å². The molecule has 0 N–H and O–H groups in total. The van der Waals surface area contributed by atoms with Crippen molar-refractivity contribution in [2.45, 2.75) is 20.0 Å². The lowest BCUT2D eigenvalue weighted by molar-refractivity contribution is -0.125. The molecule has 0 unspecified atom stereocenters. The highest BCUT2D eigenvalue weighted by Crippen LogP contribution is 2.15. The van der Waals surface area contributed by atoms with Crippen LogP contribution in [0.15, 0.2) is 36.5 Å². The summed E-state index contributed by atoms with van der Waals surface area (Å²) in [6.45, 7) is 3.02. The SMILES string of the molecule is CCn1cc(Cl)c(CN(C)C(=O)/C=C/c2ccc(F)cc2)n1. The first-order chi connectivity index (χ1) is 10.5. The van der Waals surface area contributed by atoms with Crippen LogP contribution in [0.1, 0.15) is 18.2 Å². The highest BCUT2D eigenvalue weighted by Gasteiger charge is 2.12. The summed E-state index contributed by atoms with van der Waals surface area (Å²) in [4.78, 5) is 13.6. The highest BCUT2D eigenvalue weighted by atomic mass is 35.5. The first-order valence-corrected chi connectivity index (χ1v) is 7.28. The lowest BCUT2D eigenvalue weighted by Gasteiger charge is -2.13. The van der Waals surface area contributed by atoms with E-state index in [2.05, 4.69) is 5.10 Å². The number of halogens is 2. The van der Waals surface area contributed by atoms with Gasteiger partial charge >= 0.3 is 0 Å². The molecule has 0 aliphatic heterocycles. The summed E-state index contributed by atoms with van der Waals surface area (Å²) in [6.07, 6.45) is 4.83. The van der Waals surface area contributed by atoms with E-state index in [1.165, 1.54) is 23.1 Å². The molecule has 2 aromatic rings. The van der Waals surface area contributed by atoms with Crippen molar-refractivity contribution in [3.8, 4) is 0 Å². The molecular weight excluding hydrogens is 305 g/mol. The van der Waals surface area contributed by atoms with Gasteiger partial charge < -0.3 is 4.90 Å². The molecule has 116 valence electrons. The van der Waals surface area contributed by atoms with Crippen LogP contribution in [-0.4, -0.2) is 27.6 Å². The van der Waals surface area contributed by atoms with Gasteiger partial charge in [-0.05, 0) is 30.7 Å². The summed E-state index contributed by atoms with van der Waals surface area (Å²) < 4.78 is 14.5. The maximum absolute atomic E-state index is 12.8. The molecule has 0 aliphatic rings. The van der Waals surface area contributed by atoms with E-state index in [1.807, 2.05) is 6.92 Å². The average molecular weight is 322 g/mol. The quantitative estimate of drug-likeness (QED) is 0.792. The topological polar surface area (TPSA) is 38.1 Å². The first kappa shape index (κ1) is 16.2. The van der Waals surface area contributed by atoms with Crippen molar-refractivity contribution < 1.29 is 9.18 Å². The number of likely N-dealkylation sites (N-methyl/N-ethyl adjacent to an activating group) is 1. The molecule has 0 radical (unpaired) electrons. The zero-order valence-electron chi connectivity index (χ0n) is 12.5. The van der Waals surface area contributed by atoms with Gasteiger partial charge in [0.1, 0.15) is 11.5 Å². The molecule has 22 heavy (non-hydrogen) atoms. The van der Waals surface area contributed by atoms with E-state index < -0.39 is 0 Å². The smallest absolute Gasteiger partial charge is 0.246 e. The fourth-order valence-corrected chi connectivity index (χ4v) is 2.09. The Hall–Kier alpha value is -2.14. The Labute approximate surface area is 133 Å². The van der Waals surface area contributed by atoms with E-state index in [-0.39, 0.29) is 11.7 Å². The van der Waals surface area contributed by atoms with Gasteiger partial charge in [-0.2, -0.15) is 5.10 Å². The van der Waals surface area contributed by atoms with Crippen LogP contribution in [0.3, 0.4) is 0 Å². The Kier molecular flexibility index (Phi) is 5.33. The van der Waals surface area contributed by atoms with E-state index in [0.717, 1.165) is 12.1 Å². The molecule has 0 bridgehead atoms. The second kappa shape index (κ2) is 7.22. The molecule has 0 spiro atoms. The molecular formula is C16H17ClFN3O. The van der Waals surface area contributed by atoms with Gasteiger partial charge in [-0.15, -0.1) is 0 Å². The van der Waals surface area contributed by atoms with Crippen molar-refractivity contribution in [3.63, 3.8) is 0 Å². The predicted molar refractivity (Wildman–Crippen MR) is 84.8 cm³/mol. The lowest BCUT2D eigenvalue weighted by atomic mass is 10.2. The number of rotatable bonds is 5. The maximum atomic E-state index is 12.8. The van der Waals surface area contributed by atoms with Crippen molar-refractivity contribution in [1.29, 1.82) is 0 Å². The number of benzene rings is 1. The maximum Gasteiger partial charge on any atom is 0.246 e. The summed E-state index contributed by atoms with van der Waals surface area (Å²) in [7, 11) is 1.68. The van der Waals surface area contributed by atoms with Gasteiger partial charge in [0.25, 0.3) is 0 Å². The number of carbonyl (C=O) groups is 1. The summed E-state index contributed by atoms with van der Waals surface area (Å²) in [6, 6.07) is 5.92. The Morgan fingerprint density at radius 3 is 2.68 bits per heavy atom. The average Bonchev–Trinajstić information content (AvgIpc) is 2.86. The van der Waals surface area contributed by atoms with Crippen LogP contribution >= 0.6 is 11.6 Å². The largest absolute Gasteiger partial charge is 0.336 e. The molecule has 1 heterocycles. The predicted octanol–water partition coefficient (Wildman–Crippen LogP) is 3.37. The molecule has 1 aromatic heterocycles. The van der Waals surface area contributed by atoms with Gasteiger partial charge in [0.2, 0.25) is 5.91 Å². The van der Waals surface area contributed by atoms with Crippen molar-refractivity contribution in [3.05, 3.63) is 58.6 Å². The van der Waals surface area contributed by atoms with Crippen LogP contribution in [0.5, 0.6) is 0 Å². The summed E-state index contributed by atoms with van der Waals surface area (Å²) in [5.41, 5.74) is 1.42. The number of aryl methyl sites for hydroxylation is 1. The number of hydrogen-bond acceptors (Lipinski definition) is 2. The van der Waals surface area contributed by atoms with E-state index in [4.69, 9.17) is 11.6 Å². The summed E-state index contributed by atoms with van der Waals surface area (Å²) >= 11 is 6.09. The lowest BCUT2D eigenvalue weighted by Crippen LogP contribution is -2.24. The molecule has 2 rings (SSSR count). The Bertz CT molecular complexity index is 679. The fourth-order valence-electron chi connectivity index (χ4n) is 1.88. The van der Waals surface area contributed by atoms with Crippen molar-refractivity contribution in [2.75, 3.05) is 7.05 Å². The second-order valence-corrected chi connectivity index (χ2v) is 5.27. The van der Waals surface area contributed by atoms with Gasteiger partial charge in [-0.25, -0.2) is 4.39 Å². The van der Waals surface area contributed by atoms with Gasteiger partial charge in [-0.3, -0.25) is 9.48 Å². The van der Waals surface area contributed by atoms with Gasteiger partial charge in [0.15, 0.2) is 0 Å². The second-order valence-electron chi connectivity index (χ2n) is 4.86. The van der Waals surface area contributed by atoms with Crippen molar-refractivity contribution in [1.82, 2.24) is 14.7 Å². The Morgan fingerprint density at radius 2 is 2.09 bits per heavy atom. The van der Waals surface area contributed by atoms with Crippen molar-refractivity contribution >= 4 is 23.6 Å². The molecule has 0 atom stereocenters. The summed E-state index contributed by atoms with van der Waals surface area (Å²) in [5, 5.41) is 4.85. The fraction of sp³-hybridized carbons (Fsp3) is 0.250. The van der Waals surface area contributed by atoms with Gasteiger partial charge in [-0.1, -0.05) is 23.7 Å². The molecule has 0 saturated carbocycles. The molecule has 6 heteroatoms. The van der Waals surface area contributed by atoms with Crippen LogP contribution in [0.2, 0.25) is 5.02 Å². The monoisotopic (exact) mass is 321 g/mol. The minimum Gasteiger partial charge on any atom is -0.336 e. The van der Waals surface area contributed by atoms with E-state index in [9.17, 15) is 9.18 Å². The van der Waals surface area contributed by atoms with Crippen LogP contribution < -0.4 is 0 Å². The zero-order valence-corrected chi connectivity index (χ0v) is 13.2. The molecule has 0 fully saturated rings. The van der Waals surface area contributed by atoms with E-state index in [1.54, 1.807) is 36.1 Å². The number of carbonyl (C=O) groups excluding carboxylic acids is 1. The van der Waals surface area contributed by atoms with Crippen LogP contribution in [0.25, 0.3) is 6.08 Å². The normalized spacial score (nSPS) is 11.1. The van der Waals surface area contributed by atoms with E-state index >= 15 is 0 Å². The molecule has 0 saturated heterocycles. The Morgan fingerprint density at radius 1 is 1.41 bits per heavy atom. The molecule has 0 aliphatic carbocycles. The number of nitrogens with zero attached hydrogens (tertiary/aromatic N) is 3. The number of amides is 1.